The highest BCUT2D eigenvalue weighted by molar-refractivity contribution is 5.94. The summed E-state index contributed by atoms with van der Waals surface area (Å²) in [4.78, 5) is 22.2. The summed E-state index contributed by atoms with van der Waals surface area (Å²) in [7, 11) is 0. The molecule has 0 heterocycles. The number of benzene rings is 1. The molecule has 0 aliphatic rings. The average molecular weight is 206 g/mol. The lowest BCUT2D eigenvalue weighted by Gasteiger charge is -2.05. The summed E-state index contributed by atoms with van der Waals surface area (Å²) in [5, 5.41) is 5.17. The van der Waals surface area contributed by atoms with Gasteiger partial charge in [0.2, 0.25) is 11.8 Å². The first-order chi connectivity index (χ1) is 7.22. The Morgan fingerprint density at radius 1 is 1.13 bits per heavy atom. The van der Waals surface area contributed by atoms with Crippen molar-refractivity contribution in [1.29, 1.82) is 0 Å². The van der Waals surface area contributed by atoms with Crippen molar-refractivity contribution in [1.82, 2.24) is 5.32 Å². The molecule has 0 saturated carbocycles. The monoisotopic (exact) mass is 206 g/mol. The van der Waals surface area contributed by atoms with Crippen molar-refractivity contribution in [2.45, 2.75) is 13.3 Å². The number of carbonyl (C=O) groups excluding carboxylic acids is 2. The number of amides is 2. The van der Waals surface area contributed by atoms with Gasteiger partial charge in [-0.3, -0.25) is 9.59 Å². The summed E-state index contributed by atoms with van der Waals surface area (Å²) >= 11 is 0. The first-order valence-electron chi connectivity index (χ1n) is 4.84. The summed E-state index contributed by atoms with van der Waals surface area (Å²) in [6, 6.07) is 9.12. The Labute approximate surface area is 88.7 Å². The van der Waals surface area contributed by atoms with Crippen molar-refractivity contribution >= 4 is 17.5 Å². The molecule has 0 aliphatic heterocycles. The van der Waals surface area contributed by atoms with Gasteiger partial charge in [-0.25, -0.2) is 0 Å². The maximum atomic E-state index is 11.3. The minimum atomic E-state index is -0.219. The molecule has 0 saturated heterocycles. The van der Waals surface area contributed by atoms with Crippen molar-refractivity contribution in [2.75, 3.05) is 11.9 Å². The minimum Gasteiger partial charge on any atom is -0.347 e. The van der Waals surface area contributed by atoms with Crippen LogP contribution in [0.3, 0.4) is 0 Å². The number of anilines is 1. The van der Waals surface area contributed by atoms with E-state index in [4.69, 9.17) is 0 Å². The van der Waals surface area contributed by atoms with Gasteiger partial charge in [0.15, 0.2) is 0 Å². The van der Waals surface area contributed by atoms with E-state index in [1.165, 1.54) is 0 Å². The zero-order chi connectivity index (χ0) is 11.1. The van der Waals surface area contributed by atoms with Gasteiger partial charge in [-0.1, -0.05) is 25.1 Å². The SMILES string of the molecule is CCC(=O)NCC(=O)Nc1ccccc1. The molecule has 80 valence electrons. The van der Waals surface area contributed by atoms with E-state index in [1.807, 2.05) is 18.2 Å². The summed E-state index contributed by atoms with van der Waals surface area (Å²) < 4.78 is 0. The third-order valence-electron chi connectivity index (χ3n) is 1.82. The van der Waals surface area contributed by atoms with E-state index >= 15 is 0 Å². The molecule has 0 spiro atoms. The molecule has 4 nitrogen and oxygen atoms in total. The number of hydrogen-bond acceptors (Lipinski definition) is 2. The molecule has 0 unspecified atom stereocenters. The number of para-hydroxylation sites is 1. The van der Waals surface area contributed by atoms with E-state index in [2.05, 4.69) is 10.6 Å². The van der Waals surface area contributed by atoms with Crippen LogP contribution < -0.4 is 10.6 Å². The highest BCUT2D eigenvalue weighted by Gasteiger charge is 2.03. The van der Waals surface area contributed by atoms with Crippen LogP contribution in [-0.4, -0.2) is 18.4 Å². The van der Waals surface area contributed by atoms with Gasteiger partial charge in [0.1, 0.15) is 0 Å². The van der Waals surface area contributed by atoms with Crippen LogP contribution in [0.4, 0.5) is 5.69 Å². The molecule has 1 aromatic carbocycles. The standard InChI is InChI=1S/C11H14N2O2/c1-2-10(14)12-8-11(15)13-9-6-4-3-5-7-9/h3-7H,2,8H2,1H3,(H,12,14)(H,13,15). The molecule has 2 N–H and O–H groups in total. The Hall–Kier alpha value is -1.84. The molecule has 4 heteroatoms. The molecule has 1 aromatic rings. The number of carbonyl (C=O) groups is 2. The fraction of sp³-hybridized carbons (Fsp3) is 0.273. The number of rotatable bonds is 4. The molecular weight excluding hydrogens is 192 g/mol. The van der Waals surface area contributed by atoms with E-state index in [0.717, 1.165) is 5.69 Å². The van der Waals surface area contributed by atoms with Crippen molar-refractivity contribution in [3.63, 3.8) is 0 Å². The van der Waals surface area contributed by atoms with Gasteiger partial charge in [-0.15, -0.1) is 0 Å². The van der Waals surface area contributed by atoms with Crippen LogP contribution in [0.2, 0.25) is 0 Å². The van der Waals surface area contributed by atoms with Crippen molar-refractivity contribution in [2.24, 2.45) is 0 Å². The predicted octanol–water partition coefficient (Wildman–Crippen LogP) is 1.15. The van der Waals surface area contributed by atoms with Gasteiger partial charge in [0.05, 0.1) is 6.54 Å². The van der Waals surface area contributed by atoms with Crippen LogP contribution in [0.25, 0.3) is 0 Å². The lowest BCUT2D eigenvalue weighted by Crippen LogP contribution is -2.32. The zero-order valence-corrected chi connectivity index (χ0v) is 8.62. The van der Waals surface area contributed by atoms with Crippen molar-refractivity contribution < 1.29 is 9.59 Å². The summed E-state index contributed by atoms with van der Waals surface area (Å²) in [6.07, 6.45) is 0.388. The van der Waals surface area contributed by atoms with Gasteiger partial charge < -0.3 is 10.6 Å². The first-order valence-corrected chi connectivity index (χ1v) is 4.84. The van der Waals surface area contributed by atoms with E-state index in [9.17, 15) is 9.59 Å². The van der Waals surface area contributed by atoms with Crippen LogP contribution in [0.1, 0.15) is 13.3 Å². The van der Waals surface area contributed by atoms with Crippen molar-refractivity contribution in [3.8, 4) is 0 Å². The predicted molar refractivity (Wildman–Crippen MR) is 58.4 cm³/mol. The first kappa shape index (κ1) is 11.2. The minimum absolute atomic E-state index is 0.0154. The lowest BCUT2D eigenvalue weighted by atomic mass is 10.3. The third-order valence-corrected chi connectivity index (χ3v) is 1.82. The second-order valence-electron chi connectivity index (χ2n) is 3.04. The Morgan fingerprint density at radius 3 is 2.40 bits per heavy atom. The fourth-order valence-corrected chi connectivity index (χ4v) is 1.03. The normalized spacial score (nSPS) is 9.40. The Kier molecular flexibility index (Phi) is 4.34. The molecular formula is C11H14N2O2. The van der Waals surface area contributed by atoms with Crippen LogP contribution >= 0.6 is 0 Å². The number of nitrogens with one attached hydrogen (secondary N) is 2. The van der Waals surface area contributed by atoms with Gasteiger partial charge >= 0.3 is 0 Å². The van der Waals surface area contributed by atoms with Gasteiger partial charge in [0.25, 0.3) is 0 Å². The molecule has 0 aliphatic carbocycles. The van der Waals surface area contributed by atoms with E-state index < -0.39 is 0 Å². The highest BCUT2D eigenvalue weighted by atomic mass is 16.2. The topological polar surface area (TPSA) is 58.2 Å². The van der Waals surface area contributed by atoms with Crippen molar-refractivity contribution in [3.05, 3.63) is 30.3 Å². The Bertz CT molecular complexity index is 336. The Balaban J connectivity index is 2.34. The molecule has 0 fully saturated rings. The molecule has 2 amide bonds. The lowest BCUT2D eigenvalue weighted by molar-refractivity contribution is -0.123. The molecule has 15 heavy (non-hydrogen) atoms. The molecule has 0 radical (unpaired) electrons. The van der Waals surface area contributed by atoms with Crippen LogP contribution in [0, 0.1) is 0 Å². The van der Waals surface area contributed by atoms with E-state index in [1.54, 1.807) is 19.1 Å². The summed E-state index contributed by atoms with van der Waals surface area (Å²) in [5.74, 6) is -0.346. The number of hydrogen-bond donors (Lipinski definition) is 2. The smallest absolute Gasteiger partial charge is 0.243 e. The third kappa shape index (κ3) is 4.26. The fourth-order valence-electron chi connectivity index (χ4n) is 1.03. The van der Waals surface area contributed by atoms with Gasteiger partial charge in [-0.05, 0) is 12.1 Å². The molecule has 0 bridgehead atoms. The Morgan fingerprint density at radius 2 is 1.80 bits per heavy atom. The largest absolute Gasteiger partial charge is 0.347 e. The zero-order valence-electron chi connectivity index (χ0n) is 8.62. The highest BCUT2D eigenvalue weighted by Crippen LogP contribution is 2.03. The van der Waals surface area contributed by atoms with Crippen LogP contribution in [0.15, 0.2) is 30.3 Å². The van der Waals surface area contributed by atoms with Gasteiger partial charge in [-0.2, -0.15) is 0 Å². The maximum Gasteiger partial charge on any atom is 0.243 e. The molecule has 0 aromatic heterocycles. The molecule has 0 atom stereocenters. The molecule has 1 rings (SSSR count). The quantitative estimate of drug-likeness (QED) is 0.776. The average Bonchev–Trinajstić information content (AvgIpc) is 2.27. The maximum absolute atomic E-state index is 11.3. The second kappa shape index (κ2) is 5.80. The second-order valence-corrected chi connectivity index (χ2v) is 3.04. The van der Waals surface area contributed by atoms with E-state index in [0.29, 0.717) is 6.42 Å². The summed E-state index contributed by atoms with van der Waals surface area (Å²) in [5.41, 5.74) is 0.730. The van der Waals surface area contributed by atoms with Crippen LogP contribution in [0.5, 0.6) is 0 Å². The van der Waals surface area contributed by atoms with Gasteiger partial charge in [0, 0.05) is 12.1 Å². The van der Waals surface area contributed by atoms with E-state index in [-0.39, 0.29) is 18.4 Å². The van der Waals surface area contributed by atoms with Crippen LogP contribution in [-0.2, 0) is 9.59 Å². The summed E-state index contributed by atoms with van der Waals surface area (Å²) in [6.45, 7) is 1.76.